The van der Waals surface area contributed by atoms with Gasteiger partial charge in [0.15, 0.2) is 4.88 Å². The van der Waals surface area contributed by atoms with Gasteiger partial charge in [0.05, 0.1) is 6.61 Å². The normalized spacial score (nSPS) is 10.8. The van der Waals surface area contributed by atoms with Gasteiger partial charge < -0.3 is 26.8 Å². The van der Waals surface area contributed by atoms with E-state index in [-0.39, 0.29) is 17.0 Å². The number of fused-ring (bicyclic) bond motifs is 3. The first-order valence-electron chi connectivity index (χ1n) is 7.06. The molecule has 23 heavy (non-hydrogen) atoms. The molecule has 0 bridgehead atoms. The summed E-state index contributed by atoms with van der Waals surface area (Å²) in [6.07, 6.45) is 0. The van der Waals surface area contributed by atoms with E-state index in [0.29, 0.717) is 12.5 Å². The van der Waals surface area contributed by atoms with E-state index in [1.807, 2.05) is 59.9 Å². The van der Waals surface area contributed by atoms with Crippen LogP contribution in [-0.4, -0.2) is 11.7 Å². The summed E-state index contributed by atoms with van der Waals surface area (Å²) in [5.74, 6) is 1.17. The van der Waals surface area contributed by atoms with Crippen LogP contribution in [0.2, 0.25) is 0 Å². The molecular weight excluding hydrogens is 394 g/mol. The molecule has 4 rings (SSSR count). The number of aromatic nitrogens is 1. The standard InChI is InChI=1S/C17H13NO2S2.BrH/c1-2-20-12-8-9-13-14(10-12)21-17-18(13)16(19)15(22-17)11-6-4-3-5-7-11;/h3-10H,2H2,1H3;1H. The fourth-order valence-electron chi connectivity index (χ4n) is 2.53. The first-order valence-corrected chi connectivity index (χ1v) is 8.69. The molecule has 3 nitrogen and oxygen atoms in total. The maximum absolute atomic E-state index is 10.7. The van der Waals surface area contributed by atoms with Crippen LogP contribution in [0.1, 0.15) is 6.92 Å². The van der Waals surface area contributed by atoms with Crippen molar-refractivity contribution in [1.29, 1.82) is 0 Å². The fraction of sp³-hybridized carbons (Fsp3) is 0.118. The Morgan fingerprint density at radius 1 is 1.09 bits per heavy atom. The van der Waals surface area contributed by atoms with E-state index < -0.39 is 0 Å². The minimum Gasteiger partial charge on any atom is -1.00 e. The van der Waals surface area contributed by atoms with Gasteiger partial charge in [0.2, 0.25) is 5.52 Å². The van der Waals surface area contributed by atoms with Crippen LogP contribution in [0.3, 0.4) is 0 Å². The third-order valence-electron chi connectivity index (χ3n) is 3.50. The molecule has 0 fully saturated rings. The zero-order chi connectivity index (χ0) is 15.1. The van der Waals surface area contributed by atoms with Gasteiger partial charge in [0.1, 0.15) is 10.4 Å². The molecule has 2 heterocycles. The molecule has 0 radical (unpaired) electrons. The second-order valence-corrected chi connectivity index (χ2v) is 7.17. The molecule has 0 aliphatic carbocycles. The number of nitrogens with zero attached hydrogens (tertiary/aromatic N) is 1. The van der Waals surface area contributed by atoms with Crippen LogP contribution in [0.5, 0.6) is 11.6 Å². The average Bonchev–Trinajstić information content (AvgIpc) is 3.05. The first kappa shape index (κ1) is 16.2. The van der Waals surface area contributed by atoms with Gasteiger partial charge in [0.25, 0.3) is 0 Å². The lowest BCUT2D eigenvalue weighted by Gasteiger charge is -2.00. The minimum atomic E-state index is 0. The van der Waals surface area contributed by atoms with Crippen molar-refractivity contribution in [2.45, 2.75) is 6.92 Å². The summed E-state index contributed by atoms with van der Waals surface area (Å²) in [4.78, 5) is 0.905. The molecule has 0 amide bonds. The predicted molar refractivity (Wildman–Crippen MR) is 91.1 cm³/mol. The van der Waals surface area contributed by atoms with Crippen LogP contribution in [0.25, 0.3) is 24.8 Å². The van der Waals surface area contributed by atoms with Crippen molar-refractivity contribution in [3.8, 4) is 22.1 Å². The quantitative estimate of drug-likeness (QED) is 0.521. The highest BCUT2D eigenvalue weighted by Crippen LogP contribution is 2.39. The van der Waals surface area contributed by atoms with Crippen LogP contribution < -0.4 is 26.1 Å². The highest BCUT2D eigenvalue weighted by molar-refractivity contribution is 7.39. The van der Waals surface area contributed by atoms with Crippen LogP contribution in [-0.2, 0) is 0 Å². The first-order chi connectivity index (χ1) is 10.8. The zero-order valence-electron chi connectivity index (χ0n) is 12.3. The maximum Gasteiger partial charge on any atom is 0.391 e. The Morgan fingerprint density at radius 3 is 2.61 bits per heavy atom. The molecule has 0 saturated carbocycles. The molecule has 0 saturated heterocycles. The Balaban J connectivity index is 0.00000156. The second-order valence-electron chi connectivity index (χ2n) is 4.89. The highest BCUT2D eigenvalue weighted by atomic mass is 79.9. The van der Waals surface area contributed by atoms with Crippen LogP contribution in [0.15, 0.2) is 48.5 Å². The number of thiazole rings is 2. The number of ether oxygens (including phenoxy) is 1. The molecule has 0 atom stereocenters. The topological polar surface area (TPSA) is 33.6 Å². The van der Waals surface area contributed by atoms with Gasteiger partial charge in [-0.05, 0) is 35.7 Å². The van der Waals surface area contributed by atoms with E-state index in [4.69, 9.17) is 4.74 Å². The lowest BCUT2D eigenvalue weighted by Crippen LogP contribution is -3.00. The summed E-state index contributed by atoms with van der Waals surface area (Å²) >= 11 is 3.29. The Morgan fingerprint density at radius 2 is 1.87 bits per heavy atom. The predicted octanol–water partition coefficient (Wildman–Crippen LogP) is 1.48. The maximum atomic E-state index is 10.7. The lowest BCUT2D eigenvalue weighted by atomic mass is 10.2. The number of hydrogen-bond acceptors (Lipinski definition) is 4. The SMILES string of the molecule is CCOc1ccc2c(c1)sc1sc(-c3ccccc3)c(O)[n+]12.[Br-]. The largest absolute Gasteiger partial charge is 1.00 e. The highest BCUT2D eigenvalue weighted by Gasteiger charge is 2.27. The van der Waals surface area contributed by atoms with Gasteiger partial charge in [-0.2, -0.15) is 0 Å². The van der Waals surface area contributed by atoms with Gasteiger partial charge in [0, 0.05) is 17.7 Å². The van der Waals surface area contributed by atoms with Crippen molar-refractivity contribution in [3.05, 3.63) is 48.5 Å². The van der Waals surface area contributed by atoms with Crippen molar-refractivity contribution in [3.63, 3.8) is 0 Å². The van der Waals surface area contributed by atoms with Crippen molar-refractivity contribution in [2.24, 2.45) is 0 Å². The van der Waals surface area contributed by atoms with Crippen molar-refractivity contribution < 1.29 is 31.2 Å². The van der Waals surface area contributed by atoms with Crippen LogP contribution in [0.4, 0.5) is 0 Å². The van der Waals surface area contributed by atoms with Gasteiger partial charge in [-0.25, -0.2) is 0 Å². The molecule has 2 aromatic heterocycles. The Kier molecular flexibility index (Phi) is 4.57. The minimum absolute atomic E-state index is 0. The number of aromatic hydroxyl groups is 1. The molecule has 6 heteroatoms. The molecule has 0 aliphatic heterocycles. The molecular formula is C17H14BrNO2S2. The Bertz CT molecular complexity index is 963. The van der Waals surface area contributed by atoms with Gasteiger partial charge in [-0.15, -0.1) is 4.40 Å². The van der Waals surface area contributed by atoms with Gasteiger partial charge >= 0.3 is 10.0 Å². The zero-order valence-corrected chi connectivity index (χ0v) is 15.5. The van der Waals surface area contributed by atoms with E-state index >= 15 is 0 Å². The number of rotatable bonds is 3. The van der Waals surface area contributed by atoms with E-state index in [2.05, 4.69) is 0 Å². The summed E-state index contributed by atoms with van der Waals surface area (Å²) < 4.78 is 9.65. The molecule has 1 N–H and O–H groups in total. The third kappa shape index (κ3) is 2.71. The van der Waals surface area contributed by atoms with Crippen LogP contribution >= 0.6 is 22.7 Å². The summed E-state index contributed by atoms with van der Waals surface area (Å²) in [6, 6.07) is 16.0. The van der Waals surface area contributed by atoms with E-state index in [1.165, 1.54) is 0 Å². The molecule has 4 aromatic rings. The Hall–Kier alpha value is -1.63. The summed E-state index contributed by atoms with van der Waals surface area (Å²) in [6.45, 7) is 2.63. The molecule has 0 spiro atoms. The van der Waals surface area contributed by atoms with Crippen molar-refractivity contribution in [2.75, 3.05) is 6.61 Å². The van der Waals surface area contributed by atoms with Gasteiger partial charge in [-0.3, -0.25) is 0 Å². The third-order valence-corrected chi connectivity index (χ3v) is 5.89. The number of halogens is 1. The van der Waals surface area contributed by atoms with Gasteiger partial charge in [-0.1, -0.05) is 30.3 Å². The smallest absolute Gasteiger partial charge is 0.391 e. The van der Waals surface area contributed by atoms with Crippen molar-refractivity contribution in [1.82, 2.24) is 0 Å². The Labute approximate surface area is 152 Å². The molecule has 0 aliphatic rings. The average molecular weight is 408 g/mol. The fourth-order valence-corrected chi connectivity index (χ4v) is 5.01. The van der Waals surface area contributed by atoms with Crippen LogP contribution in [0, 0.1) is 0 Å². The summed E-state index contributed by atoms with van der Waals surface area (Å²) in [5, 5.41) is 10.7. The second kappa shape index (κ2) is 6.47. The summed E-state index contributed by atoms with van der Waals surface area (Å²) in [5.41, 5.74) is 2.05. The molecule has 118 valence electrons. The van der Waals surface area contributed by atoms with E-state index in [1.54, 1.807) is 22.7 Å². The molecule has 2 aromatic carbocycles. The molecule has 0 unspecified atom stereocenters. The van der Waals surface area contributed by atoms with E-state index in [0.717, 1.165) is 30.6 Å². The number of hydrogen-bond donors (Lipinski definition) is 1. The van der Waals surface area contributed by atoms with Crippen molar-refractivity contribution >= 4 is 37.0 Å². The number of benzene rings is 2. The van der Waals surface area contributed by atoms with E-state index in [9.17, 15) is 5.11 Å². The summed E-state index contributed by atoms with van der Waals surface area (Å²) in [7, 11) is 0. The lowest BCUT2D eigenvalue weighted by molar-refractivity contribution is -0.484. The monoisotopic (exact) mass is 407 g/mol.